The molecule has 0 aliphatic carbocycles. The van der Waals surface area contributed by atoms with E-state index in [1.807, 2.05) is 6.07 Å². The molecule has 0 fully saturated rings. The number of imide groups is 1. The quantitative estimate of drug-likeness (QED) is 0.383. The summed E-state index contributed by atoms with van der Waals surface area (Å²) in [4.78, 5) is 23.7. The molecule has 2 aromatic carbocycles. The van der Waals surface area contributed by atoms with E-state index in [4.69, 9.17) is 4.43 Å². The lowest BCUT2D eigenvalue weighted by atomic mass is 10.1. The molecular weight excluding hydrogens is 380 g/mol. The largest absolute Gasteiger partial charge is 0.544 e. The highest BCUT2D eigenvalue weighted by Crippen LogP contribution is 2.37. The second kappa shape index (κ2) is 8.03. The number of aryl methyl sites for hydroxylation is 1. The van der Waals surface area contributed by atoms with Gasteiger partial charge in [-0.15, -0.1) is 0 Å². The number of rotatable bonds is 7. The zero-order valence-electron chi connectivity index (χ0n) is 17.9. The molecule has 0 saturated heterocycles. The van der Waals surface area contributed by atoms with Crippen LogP contribution in [0.4, 0.5) is 5.69 Å². The van der Waals surface area contributed by atoms with E-state index in [2.05, 4.69) is 68.8 Å². The van der Waals surface area contributed by atoms with Crippen LogP contribution >= 0.6 is 0 Å². The van der Waals surface area contributed by atoms with Crippen LogP contribution in [-0.2, 0) is 6.42 Å². The van der Waals surface area contributed by atoms with Crippen molar-refractivity contribution >= 4 is 25.8 Å². The minimum atomic E-state index is -1.82. The Hall–Kier alpha value is -2.60. The molecule has 0 aromatic heterocycles. The van der Waals surface area contributed by atoms with E-state index < -0.39 is 8.32 Å². The van der Waals surface area contributed by atoms with Gasteiger partial charge in [0.25, 0.3) is 11.8 Å². The van der Waals surface area contributed by atoms with Crippen molar-refractivity contribution in [2.75, 3.05) is 11.9 Å². The van der Waals surface area contributed by atoms with Gasteiger partial charge in [0, 0.05) is 12.2 Å². The van der Waals surface area contributed by atoms with Gasteiger partial charge in [-0.1, -0.05) is 39.0 Å². The monoisotopic (exact) mass is 410 g/mol. The van der Waals surface area contributed by atoms with E-state index in [1.54, 1.807) is 12.1 Å². The minimum Gasteiger partial charge on any atom is -0.544 e. The van der Waals surface area contributed by atoms with Gasteiger partial charge < -0.3 is 9.74 Å². The smallest absolute Gasteiger partial charge is 0.261 e. The number of carbonyl (C=O) groups excluding carboxylic acids is 2. The molecule has 3 rings (SSSR count). The molecule has 1 aliphatic rings. The van der Waals surface area contributed by atoms with Gasteiger partial charge in [0.1, 0.15) is 5.75 Å². The Kier molecular flexibility index (Phi) is 5.84. The summed E-state index contributed by atoms with van der Waals surface area (Å²) in [5.74, 6) is 0.285. The summed E-state index contributed by atoms with van der Waals surface area (Å²) >= 11 is 0. The molecule has 1 heterocycles. The van der Waals surface area contributed by atoms with E-state index in [-0.39, 0.29) is 16.9 Å². The number of fused-ring (bicyclic) bond motifs is 1. The Balaban J connectivity index is 1.52. The molecule has 2 N–H and O–H groups in total. The standard InChI is InChI=1S/C23H30N2O3Si/c1-23(2,3)29(4,5)28-17-13-11-16(12-14-17)8-7-15-24-19-10-6-9-18-20(19)22(27)25-21(18)26/h6,9-14,24H,7-8,15H2,1-5H3,(H,25,26,27). The highest BCUT2D eigenvalue weighted by atomic mass is 28.4. The molecule has 2 aromatic rings. The lowest BCUT2D eigenvalue weighted by molar-refractivity contribution is 0.0880. The summed E-state index contributed by atoms with van der Waals surface area (Å²) in [6.45, 7) is 11.9. The highest BCUT2D eigenvalue weighted by Gasteiger charge is 2.38. The maximum absolute atomic E-state index is 12.0. The van der Waals surface area contributed by atoms with E-state index in [0.29, 0.717) is 16.8 Å². The van der Waals surface area contributed by atoms with Gasteiger partial charge in [-0.25, -0.2) is 0 Å². The first kappa shape index (κ1) is 21.1. The van der Waals surface area contributed by atoms with Crippen molar-refractivity contribution in [1.82, 2.24) is 5.32 Å². The van der Waals surface area contributed by atoms with Crippen molar-refractivity contribution < 1.29 is 14.0 Å². The van der Waals surface area contributed by atoms with Gasteiger partial charge in [-0.05, 0) is 60.8 Å². The van der Waals surface area contributed by atoms with E-state index in [0.717, 1.165) is 25.1 Å². The van der Waals surface area contributed by atoms with E-state index >= 15 is 0 Å². The molecule has 1 aliphatic heterocycles. The summed E-state index contributed by atoms with van der Waals surface area (Å²) in [7, 11) is -1.82. The second-order valence-corrected chi connectivity index (χ2v) is 13.8. The fourth-order valence-electron chi connectivity index (χ4n) is 3.05. The number of anilines is 1. The summed E-state index contributed by atoms with van der Waals surface area (Å²) in [5, 5.41) is 5.81. The number of amides is 2. The normalized spacial score (nSPS) is 13.8. The molecular formula is C23H30N2O3Si. The van der Waals surface area contributed by atoms with Crippen LogP contribution in [0.2, 0.25) is 18.1 Å². The number of hydrogen-bond donors (Lipinski definition) is 2. The van der Waals surface area contributed by atoms with Gasteiger partial charge >= 0.3 is 0 Å². The van der Waals surface area contributed by atoms with E-state index in [9.17, 15) is 9.59 Å². The van der Waals surface area contributed by atoms with Crippen LogP contribution in [-0.4, -0.2) is 26.7 Å². The Morgan fingerprint density at radius 2 is 1.69 bits per heavy atom. The average molecular weight is 411 g/mol. The third-order valence-electron chi connectivity index (χ3n) is 5.82. The summed E-state index contributed by atoms with van der Waals surface area (Å²) in [6, 6.07) is 13.7. The van der Waals surface area contributed by atoms with Crippen LogP contribution in [0, 0.1) is 0 Å². The highest BCUT2D eigenvalue weighted by molar-refractivity contribution is 6.74. The molecule has 0 saturated carbocycles. The summed E-state index contributed by atoms with van der Waals surface area (Å²) in [6.07, 6.45) is 1.84. The SMILES string of the molecule is CC(C)(C)[Si](C)(C)Oc1ccc(CCCNc2cccc3c2C(=O)NC3=O)cc1. The Labute approximate surface area is 174 Å². The molecule has 6 heteroatoms. The van der Waals surface area contributed by atoms with Gasteiger partial charge in [-0.3, -0.25) is 14.9 Å². The number of carbonyl (C=O) groups is 2. The van der Waals surface area contributed by atoms with Crippen molar-refractivity contribution in [3.63, 3.8) is 0 Å². The predicted molar refractivity (Wildman–Crippen MR) is 119 cm³/mol. The Morgan fingerprint density at radius 3 is 2.34 bits per heavy atom. The zero-order valence-corrected chi connectivity index (χ0v) is 18.9. The van der Waals surface area contributed by atoms with Crippen LogP contribution in [0.1, 0.15) is 53.5 Å². The number of nitrogens with one attached hydrogen (secondary N) is 2. The summed E-state index contributed by atoms with van der Waals surface area (Å²) < 4.78 is 6.33. The Bertz CT molecular complexity index is 915. The van der Waals surface area contributed by atoms with Crippen molar-refractivity contribution in [3.05, 3.63) is 59.2 Å². The van der Waals surface area contributed by atoms with Crippen molar-refractivity contribution in [2.45, 2.75) is 51.7 Å². The molecule has 0 bridgehead atoms. The third kappa shape index (κ3) is 4.70. The molecule has 0 spiro atoms. The molecule has 5 nitrogen and oxygen atoms in total. The van der Waals surface area contributed by atoms with Gasteiger partial charge in [0.15, 0.2) is 0 Å². The van der Waals surface area contributed by atoms with Gasteiger partial charge in [0.05, 0.1) is 11.1 Å². The predicted octanol–water partition coefficient (Wildman–Crippen LogP) is 5.00. The zero-order chi connectivity index (χ0) is 21.2. The lowest BCUT2D eigenvalue weighted by Gasteiger charge is -2.36. The average Bonchev–Trinajstić information content (AvgIpc) is 2.94. The molecule has 154 valence electrons. The van der Waals surface area contributed by atoms with Crippen LogP contribution in [0.15, 0.2) is 42.5 Å². The maximum Gasteiger partial charge on any atom is 0.261 e. The van der Waals surface area contributed by atoms with Crippen molar-refractivity contribution in [3.8, 4) is 5.75 Å². The lowest BCUT2D eigenvalue weighted by Crippen LogP contribution is -2.43. The van der Waals surface area contributed by atoms with Crippen LogP contribution < -0.4 is 15.1 Å². The van der Waals surface area contributed by atoms with Crippen LogP contribution in [0.5, 0.6) is 5.75 Å². The minimum absolute atomic E-state index is 0.177. The first-order valence-electron chi connectivity index (χ1n) is 10.1. The van der Waals surface area contributed by atoms with E-state index in [1.165, 1.54) is 5.56 Å². The first-order chi connectivity index (χ1) is 13.6. The molecule has 0 unspecified atom stereocenters. The fraction of sp³-hybridized carbons (Fsp3) is 0.391. The third-order valence-corrected chi connectivity index (χ3v) is 10.2. The van der Waals surface area contributed by atoms with Crippen molar-refractivity contribution in [2.24, 2.45) is 0 Å². The maximum atomic E-state index is 12.0. The van der Waals surface area contributed by atoms with Gasteiger partial charge in [0.2, 0.25) is 8.32 Å². The molecule has 29 heavy (non-hydrogen) atoms. The van der Waals surface area contributed by atoms with Gasteiger partial charge in [-0.2, -0.15) is 0 Å². The topological polar surface area (TPSA) is 67.4 Å². The summed E-state index contributed by atoms with van der Waals surface area (Å²) in [5.41, 5.74) is 2.85. The fourth-order valence-corrected chi connectivity index (χ4v) is 4.09. The molecule has 0 atom stereocenters. The Morgan fingerprint density at radius 1 is 1.00 bits per heavy atom. The van der Waals surface area contributed by atoms with Crippen molar-refractivity contribution in [1.29, 1.82) is 0 Å². The molecule has 0 radical (unpaired) electrons. The van der Waals surface area contributed by atoms with Crippen LogP contribution in [0.25, 0.3) is 0 Å². The number of benzene rings is 2. The second-order valence-electron chi connectivity index (χ2n) is 9.05. The first-order valence-corrected chi connectivity index (χ1v) is 13.0. The number of hydrogen-bond acceptors (Lipinski definition) is 4. The van der Waals surface area contributed by atoms with Crippen LogP contribution in [0.3, 0.4) is 0 Å². The molecule has 2 amide bonds.